The van der Waals surface area contributed by atoms with Crippen LogP contribution in [0.15, 0.2) is 0 Å². The number of halogens is 2. The van der Waals surface area contributed by atoms with Crippen LogP contribution in [0.5, 0.6) is 0 Å². The molecule has 0 aromatic rings. The van der Waals surface area contributed by atoms with Crippen molar-refractivity contribution in [2.75, 3.05) is 32.9 Å². The predicted molar refractivity (Wildman–Crippen MR) is 66.4 cm³/mol. The molecule has 1 saturated heterocycles. The van der Waals surface area contributed by atoms with E-state index in [1.165, 1.54) is 25.7 Å². The Hall–Kier alpha value is 0.580. The highest BCUT2D eigenvalue weighted by atomic mass is 127. The van der Waals surface area contributed by atoms with E-state index in [2.05, 4.69) is 31.3 Å². The lowest BCUT2D eigenvalue weighted by atomic mass is 9.92. The summed E-state index contributed by atoms with van der Waals surface area (Å²) < 4.78 is 15.2. The van der Waals surface area contributed by atoms with Crippen LogP contribution in [0.2, 0.25) is 0 Å². The molecule has 4 heteroatoms. The van der Waals surface area contributed by atoms with Crippen molar-refractivity contribution in [3.8, 4) is 0 Å². The molecule has 0 bridgehead atoms. The van der Waals surface area contributed by atoms with Gasteiger partial charge in [-0.2, -0.15) is 0 Å². The van der Waals surface area contributed by atoms with Gasteiger partial charge >= 0.3 is 0 Å². The largest absolute Gasteiger partial charge is 0.301 e. The third-order valence-electron chi connectivity index (χ3n) is 2.99. The van der Waals surface area contributed by atoms with E-state index >= 15 is 0 Å². The van der Waals surface area contributed by atoms with Crippen molar-refractivity contribution >= 4 is 22.9 Å². The first kappa shape index (κ1) is 12.6. The average Bonchev–Trinajstić information content (AvgIpc) is 2.21. The first-order valence-electron chi connectivity index (χ1n) is 5.48. The number of hydrogen-bond donors (Lipinski definition) is 1. The summed E-state index contributed by atoms with van der Waals surface area (Å²) in [4.78, 5) is 2.24. The minimum atomic E-state index is -0.191. The predicted octanol–water partition coefficient (Wildman–Crippen LogP) is 2.39. The van der Waals surface area contributed by atoms with Crippen molar-refractivity contribution in [2.45, 2.75) is 25.7 Å². The summed E-state index contributed by atoms with van der Waals surface area (Å²) in [5, 5.41) is 0. The van der Waals surface area contributed by atoms with E-state index in [-0.39, 0.29) is 6.67 Å². The molecular formula is C10H20FIN2. The van der Waals surface area contributed by atoms with Crippen molar-refractivity contribution in [2.24, 2.45) is 5.92 Å². The van der Waals surface area contributed by atoms with E-state index in [1.54, 1.807) is 0 Å². The third kappa shape index (κ3) is 4.89. The molecular weight excluding hydrogens is 294 g/mol. The van der Waals surface area contributed by atoms with Gasteiger partial charge in [-0.25, -0.2) is 4.39 Å². The van der Waals surface area contributed by atoms with Gasteiger partial charge in [0.15, 0.2) is 0 Å². The molecule has 2 nitrogen and oxygen atoms in total. The zero-order chi connectivity index (χ0) is 10.2. The molecule has 84 valence electrons. The van der Waals surface area contributed by atoms with E-state index in [0.29, 0.717) is 6.54 Å². The molecule has 0 aromatic heterocycles. The Morgan fingerprint density at radius 1 is 1.36 bits per heavy atom. The lowest BCUT2D eigenvalue weighted by Gasteiger charge is -2.31. The lowest BCUT2D eigenvalue weighted by Crippen LogP contribution is -2.35. The zero-order valence-electron chi connectivity index (χ0n) is 8.64. The number of nitrogens with one attached hydrogen (secondary N) is 1. The van der Waals surface area contributed by atoms with Gasteiger partial charge in [0, 0.05) is 36.0 Å². The first-order chi connectivity index (χ1) is 6.86. The van der Waals surface area contributed by atoms with Crippen LogP contribution in [0.1, 0.15) is 25.7 Å². The van der Waals surface area contributed by atoms with Crippen LogP contribution < -0.4 is 3.53 Å². The normalized spacial score (nSPS) is 20.1. The molecule has 0 amide bonds. The maximum atomic E-state index is 12.1. The number of likely N-dealkylation sites (tertiary alicyclic amines) is 1. The molecule has 0 saturated carbocycles. The Balaban J connectivity index is 2.03. The van der Waals surface area contributed by atoms with Gasteiger partial charge in [-0.3, -0.25) is 3.53 Å². The SMILES string of the molecule is FCCN1CCC(CCCNI)CC1. The minimum absolute atomic E-state index is 0.191. The molecule has 0 spiro atoms. The van der Waals surface area contributed by atoms with Crippen LogP contribution in [0.25, 0.3) is 0 Å². The lowest BCUT2D eigenvalue weighted by molar-refractivity contribution is 0.167. The highest BCUT2D eigenvalue weighted by Crippen LogP contribution is 2.21. The monoisotopic (exact) mass is 314 g/mol. The maximum absolute atomic E-state index is 12.1. The number of rotatable bonds is 6. The second-order valence-electron chi connectivity index (χ2n) is 4.00. The van der Waals surface area contributed by atoms with Crippen molar-refractivity contribution < 1.29 is 4.39 Å². The Morgan fingerprint density at radius 3 is 2.64 bits per heavy atom. The molecule has 14 heavy (non-hydrogen) atoms. The van der Waals surface area contributed by atoms with Crippen molar-refractivity contribution in [3.63, 3.8) is 0 Å². The van der Waals surface area contributed by atoms with Crippen LogP contribution in [0, 0.1) is 5.92 Å². The Kier molecular flexibility index (Phi) is 7.06. The molecule has 1 aliphatic rings. The summed E-state index contributed by atoms with van der Waals surface area (Å²) in [7, 11) is 0. The second-order valence-corrected chi connectivity index (χ2v) is 4.76. The fourth-order valence-electron chi connectivity index (χ4n) is 2.08. The highest BCUT2D eigenvalue weighted by Gasteiger charge is 2.17. The van der Waals surface area contributed by atoms with Gasteiger partial charge in [-0.15, -0.1) is 0 Å². The molecule has 1 N–H and O–H groups in total. The maximum Gasteiger partial charge on any atom is 0.102 e. The van der Waals surface area contributed by atoms with Gasteiger partial charge in [-0.1, -0.05) is 0 Å². The van der Waals surface area contributed by atoms with Crippen LogP contribution in [-0.2, 0) is 0 Å². The number of hydrogen-bond acceptors (Lipinski definition) is 2. The van der Waals surface area contributed by atoms with Gasteiger partial charge in [0.1, 0.15) is 6.67 Å². The molecule has 1 fully saturated rings. The van der Waals surface area contributed by atoms with Crippen molar-refractivity contribution in [1.82, 2.24) is 8.43 Å². The van der Waals surface area contributed by atoms with Crippen LogP contribution >= 0.6 is 22.9 Å². The molecule has 1 rings (SSSR count). The molecule has 0 aromatic carbocycles. The smallest absolute Gasteiger partial charge is 0.102 e. The van der Waals surface area contributed by atoms with Crippen molar-refractivity contribution in [3.05, 3.63) is 0 Å². The molecule has 0 aliphatic carbocycles. The van der Waals surface area contributed by atoms with Gasteiger partial charge in [0.05, 0.1) is 0 Å². The number of alkyl halides is 1. The number of piperidine rings is 1. The zero-order valence-corrected chi connectivity index (χ0v) is 10.8. The topological polar surface area (TPSA) is 15.3 Å². The van der Waals surface area contributed by atoms with E-state index < -0.39 is 0 Å². The second kappa shape index (κ2) is 7.82. The summed E-state index contributed by atoms with van der Waals surface area (Å²) in [5.74, 6) is 0.885. The molecule has 0 atom stereocenters. The van der Waals surface area contributed by atoms with Crippen LogP contribution in [-0.4, -0.2) is 37.8 Å². The summed E-state index contributed by atoms with van der Waals surface area (Å²) in [5.41, 5.74) is 0. The van der Waals surface area contributed by atoms with Gasteiger partial charge in [0.2, 0.25) is 0 Å². The minimum Gasteiger partial charge on any atom is -0.301 e. The van der Waals surface area contributed by atoms with E-state index in [9.17, 15) is 4.39 Å². The Morgan fingerprint density at radius 2 is 2.07 bits per heavy atom. The van der Waals surface area contributed by atoms with Crippen LogP contribution in [0.4, 0.5) is 4.39 Å². The fraction of sp³-hybridized carbons (Fsp3) is 1.00. The number of nitrogens with zero attached hydrogens (tertiary/aromatic N) is 1. The quantitative estimate of drug-likeness (QED) is 0.460. The summed E-state index contributed by atoms with van der Waals surface area (Å²) in [6.45, 7) is 3.77. The fourth-order valence-corrected chi connectivity index (χ4v) is 2.46. The summed E-state index contributed by atoms with van der Waals surface area (Å²) in [6.07, 6.45) is 5.14. The Bertz CT molecular complexity index is 138. The summed E-state index contributed by atoms with van der Waals surface area (Å²) >= 11 is 2.20. The van der Waals surface area contributed by atoms with Crippen molar-refractivity contribution in [1.29, 1.82) is 0 Å². The molecule has 0 unspecified atom stereocenters. The van der Waals surface area contributed by atoms with E-state index in [1.807, 2.05) is 0 Å². The first-order valence-corrected chi connectivity index (χ1v) is 6.56. The molecule has 1 aliphatic heterocycles. The van der Waals surface area contributed by atoms with Crippen LogP contribution in [0.3, 0.4) is 0 Å². The highest BCUT2D eigenvalue weighted by molar-refractivity contribution is 14.1. The molecule has 0 radical (unpaired) electrons. The van der Waals surface area contributed by atoms with Gasteiger partial charge in [-0.05, 0) is 44.7 Å². The third-order valence-corrected chi connectivity index (χ3v) is 3.53. The van der Waals surface area contributed by atoms with E-state index in [4.69, 9.17) is 0 Å². The van der Waals surface area contributed by atoms with E-state index in [0.717, 1.165) is 25.6 Å². The standard InChI is InChI=1S/C10H20FIN2/c11-5-9-14-7-3-10(4-8-14)2-1-6-13-12/h10,13H,1-9H2. The Labute approximate surface area is 100 Å². The average molecular weight is 314 g/mol. The summed E-state index contributed by atoms with van der Waals surface area (Å²) in [6, 6.07) is 0. The van der Waals surface area contributed by atoms with Gasteiger partial charge < -0.3 is 4.90 Å². The van der Waals surface area contributed by atoms with Gasteiger partial charge in [0.25, 0.3) is 0 Å². The molecule has 1 heterocycles.